The second kappa shape index (κ2) is 7.16. The van der Waals surface area contributed by atoms with Gasteiger partial charge in [-0.1, -0.05) is 21.6 Å². The fourth-order valence-electron chi connectivity index (χ4n) is 1.23. The monoisotopic (exact) mass is 279 g/mol. The lowest BCUT2D eigenvalue weighted by Gasteiger charge is -2.25. The highest BCUT2D eigenvalue weighted by molar-refractivity contribution is 8.76. The zero-order valence-electron chi connectivity index (χ0n) is 11.0. The molecule has 0 spiro atoms. The molecule has 1 atom stereocenters. The second-order valence-electron chi connectivity index (χ2n) is 4.53. The molecule has 17 heavy (non-hydrogen) atoms. The molecule has 0 aromatic heterocycles. The van der Waals surface area contributed by atoms with Gasteiger partial charge in [0.05, 0.1) is 0 Å². The maximum atomic E-state index is 11.8. The Balaban J connectivity index is 4.23. The first-order valence-corrected chi connectivity index (χ1v) is 7.97. The molecule has 0 saturated heterocycles. The van der Waals surface area contributed by atoms with Crippen LogP contribution in [0.5, 0.6) is 0 Å². The van der Waals surface area contributed by atoms with Gasteiger partial charge in [0, 0.05) is 18.2 Å². The van der Waals surface area contributed by atoms with Crippen molar-refractivity contribution >= 4 is 33.5 Å². The average Bonchev–Trinajstić information content (AvgIpc) is 2.23. The van der Waals surface area contributed by atoms with E-state index in [-0.39, 0.29) is 10.7 Å². The molecule has 4 nitrogen and oxygen atoms in total. The number of carbonyl (C=O) groups is 2. The average molecular weight is 279 g/mol. The third-order valence-corrected chi connectivity index (χ3v) is 5.26. The number of amides is 1. The van der Waals surface area contributed by atoms with E-state index in [0.29, 0.717) is 6.42 Å². The van der Waals surface area contributed by atoms with Gasteiger partial charge < -0.3 is 10.0 Å². The van der Waals surface area contributed by atoms with Crippen LogP contribution in [0.15, 0.2) is 0 Å². The van der Waals surface area contributed by atoms with E-state index in [1.807, 2.05) is 6.26 Å². The summed E-state index contributed by atoms with van der Waals surface area (Å²) in [4.78, 5) is 23.8. The van der Waals surface area contributed by atoms with E-state index in [4.69, 9.17) is 5.11 Å². The van der Waals surface area contributed by atoms with E-state index >= 15 is 0 Å². The first-order valence-electron chi connectivity index (χ1n) is 5.41. The molecule has 0 unspecified atom stereocenters. The normalized spacial score (nSPS) is 13.2. The summed E-state index contributed by atoms with van der Waals surface area (Å²) in [5, 5.41) is 8.81. The molecule has 0 heterocycles. The Morgan fingerprint density at radius 1 is 1.41 bits per heavy atom. The summed E-state index contributed by atoms with van der Waals surface area (Å²) in [6.07, 6.45) is 3.13. The number of nitrogens with zero attached hydrogens (tertiary/aromatic N) is 1. The first kappa shape index (κ1) is 16.6. The predicted octanol–water partition coefficient (Wildman–Crippen LogP) is 2.49. The molecule has 0 aromatic rings. The van der Waals surface area contributed by atoms with Crippen LogP contribution < -0.4 is 0 Å². The molecule has 0 fully saturated rings. The van der Waals surface area contributed by atoms with Crippen molar-refractivity contribution < 1.29 is 14.7 Å². The van der Waals surface area contributed by atoms with Gasteiger partial charge in [0.15, 0.2) is 0 Å². The minimum Gasteiger partial charge on any atom is -0.480 e. The van der Waals surface area contributed by atoms with E-state index < -0.39 is 12.0 Å². The molecule has 0 bridgehead atoms. The minimum atomic E-state index is -0.974. The zero-order chi connectivity index (χ0) is 13.6. The Morgan fingerprint density at radius 3 is 2.35 bits per heavy atom. The lowest BCUT2D eigenvalue weighted by Crippen LogP contribution is -2.40. The number of carbonyl (C=O) groups excluding carboxylic acids is 1. The molecule has 0 aliphatic rings. The van der Waals surface area contributed by atoms with Crippen LogP contribution in [0.25, 0.3) is 0 Å². The van der Waals surface area contributed by atoms with Crippen molar-refractivity contribution in [2.45, 2.75) is 44.4 Å². The number of likely N-dealkylation sites (N-methyl/N-ethyl adjacent to an activating group) is 1. The highest BCUT2D eigenvalue weighted by Crippen LogP contribution is 2.37. The Hall–Kier alpha value is -0.360. The van der Waals surface area contributed by atoms with Gasteiger partial charge >= 0.3 is 5.97 Å². The number of carboxylic acid groups (broad SMARTS) is 1. The quantitative estimate of drug-likeness (QED) is 0.726. The van der Waals surface area contributed by atoms with Gasteiger partial charge in [-0.2, -0.15) is 0 Å². The van der Waals surface area contributed by atoms with Crippen LogP contribution >= 0.6 is 21.6 Å². The molecule has 0 radical (unpaired) electrons. The molecule has 6 heteroatoms. The SMILES string of the molecule is CSSC(C)(C)CCC(=O)N(C)[C@H](C)C(=O)O. The largest absolute Gasteiger partial charge is 0.480 e. The van der Waals surface area contributed by atoms with Crippen molar-refractivity contribution in [3.8, 4) is 0 Å². The highest BCUT2D eigenvalue weighted by atomic mass is 33.1. The maximum Gasteiger partial charge on any atom is 0.326 e. The Labute approximate surface area is 111 Å². The second-order valence-corrected chi connectivity index (χ2v) is 7.63. The van der Waals surface area contributed by atoms with E-state index in [0.717, 1.165) is 6.42 Å². The fourth-order valence-corrected chi connectivity index (χ4v) is 3.47. The van der Waals surface area contributed by atoms with Gasteiger partial charge in [0.25, 0.3) is 0 Å². The lowest BCUT2D eigenvalue weighted by molar-refractivity contribution is -0.148. The van der Waals surface area contributed by atoms with Crippen molar-refractivity contribution in [1.82, 2.24) is 4.90 Å². The molecule has 0 aliphatic carbocycles. The summed E-state index contributed by atoms with van der Waals surface area (Å²) < 4.78 is 0.0301. The Bertz CT molecular complexity index is 282. The molecule has 0 aliphatic heterocycles. The van der Waals surface area contributed by atoms with E-state index in [1.165, 1.54) is 18.9 Å². The topological polar surface area (TPSA) is 57.6 Å². The van der Waals surface area contributed by atoms with Gasteiger partial charge in [-0.15, -0.1) is 0 Å². The molecule has 1 amide bonds. The van der Waals surface area contributed by atoms with Crippen molar-refractivity contribution in [1.29, 1.82) is 0 Å². The van der Waals surface area contributed by atoms with Crippen molar-refractivity contribution in [3.05, 3.63) is 0 Å². The van der Waals surface area contributed by atoms with E-state index in [2.05, 4.69) is 13.8 Å². The van der Waals surface area contributed by atoms with Gasteiger partial charge in [-0.25, -0.2) is 4.79 Å². The van der Waals surface area contributed by atoms with Gasteiger partial charge in [-0.05, 0) is 33.4 Å². The van der Waals surface area contributed by atoms with Crippen molar-refractivity contribution in [2.24, 2.45) is 0 Å². The molecule has 1 N–H and O–H groups in total. The predicted molar refractivity (Wildman–Crippen MR) is 74.3 cm³/mol. The highest BCUT2D eigenvalue weighted by Gasteiger charge is 2.24. The third kappa shape index (κ3) is 6.21. The van der Waals surface area contributed by atoms with Crippen LogP contribution in [0, 0.1) is 0 Å². The number of aliphatic carboxylic acids is 1. The van der Waals surface area contributed by atoms with Crippen LogP contribution in [-0.2, 0) is 9.59 Å². The molecular weight excluding hydrogens is 258 g/mol. The Kier molecular flexibility index (Phi) is 7.01. The number of hydrogen-bond acceptors (Lipinski definition) is 4. The lowest BCUT2D eigenvalue weighted by atomic mass is 10.1. The minimum absolute atomic E-state index is 0.0301. The van der Waals surface area contributed by atoms with E-state index in [1.54, 1.807) is 21.6 Å². The molecule has 100 valence electrons. The summed E-state index contributed by atoms with van der Waals surface area (Å²) in [6.45, 7) is 5.69. The van der Waals surface area contributed by atoms with Crippen LogP contribution in [0.4, 0.5) is 0 Å². The number of carboxylic acids is 1. The maximum absolute atomic E-state index is 11.8. The summed E-state index contributed by atoms with van der Waals surface area (Å²) in [5.41, 5.74) is 0. The van der Waals surface area contributed by atoms with Crippen molar-refractivity contribution in [3.63, 3.8) is 0 Å². The smallest absolute Gasteiger partial charge is 0.326 e. The van der Waals surface area contributed by atoms with Crippen LogP contribution in [-0.4, -0.2) is 46.0 Å². The van der Waals surface area contributed by atoms with Gasteiger partial charge in [0.1, 0.15) is 6.04 Å². The van der Waals surface area contributed by atoms with Crippen LogP contribution in [0.2, 0.25) is 0 Å². The van der Waals surface area contributed by atoms with E-state index in [9.17, 15) is 9.59 Å². The Morgan fingerprint density at radius 2 is 1.94 bits per heavy atom. The van der Waals surface area contributed by atoms with Crippen molar-refractivity contribution in [2.75, 3.05) is 13.3 Å². The third-order valence-electron chi connectivity index (χ3n) is 2.58. The number of rotatable bonds is 7. The molecule has 0 saturated carbocycles. The van der Waals surface area contributed by atoms with Gasteiger partial charge in [-0.3, -0.25) is 4.79 Å². The summed E-state index contributed by atoms with van der Waals surface area (Å²) in [5.74, 6) is -1.09. The summed E-state index contributed by atoms with van der Waals surface area (Å²) in [6, 6.07) is -0.765. The molecule has 0 rings (SSSR count). The summed E-state index contributed by atoms with van der Waals surface area (Å²) >= 11 is 0. The standard InChI is InChI=1S/C11H21NO3S2/c1-8(10(14)15)12(4)9(13)6-7-11(2,3)17-16-5/h8H,6-7H2,1-5H3,(H,14,15)/t8-/m1/s1. The fraction of sp³-hybridized carbons (Fsp3) is 0.818. The van der Waals surface area contributed by atoms with Gasteiger partial charge in [0.2, 0.25) is 5.91 Å². The van der Waals surface area contributed by atoms with Crippen LogP contribution in [0.1, 0.15) is 33.6 Å². The molecule has 0 aromatic carbocycles. The summed E-state index contributed by atoms with van der Waals surface area (Å²) in [7, 11) is 4.95. The zero-order valence-corrected chi connectivity index (χ0v) is 12.7. The number of hydrogen-bond donors (Lipinski definition) is 1. The van der Waals surface area contributed by atoms with Crippen LogP contribution in [0.3, 0.4) is 0 Å². The first-order chi connectivity index (χ1) is 7.71. The molecular formula is C11H21NO3S2.